The Morgan fingerprint density at radius 3 is 0.724 bits per heavy atom. The molecule has 4 unspecified atom stereocenters. The summed E-state index contributed by atoms with van der Waals surface area (Å²) in [5, 5.41) is 10.6. The van der Waals surface area contributed by atoms with Crippen LogP contribution in [0.1, 0.15) is 402 Å². The zero-order valence-corrected chi connectivity index (χ0v) is 66.2. The minimum Gasteiger partial charge on any atom is -0.462 e. The van der Waals surface area contributed by atoms with Crippen LogP contribution < -0.4 is 0 Å². The normalized spacial score (nSPS) is 14.6. The Bertz CT molecular complexity index is 1920. The third-order valence-corrected chi connectivity index (χ3v) is 20.9. The fourth-order valence-electron chi connectivity index (χ4n) is 12.0. The van der Waals surface area contributed by atoms with Crippen LogP contribution >= 0.6 is 15.6 Å². The molecule has 0 heterocycles. The summed E-state index contributed by atoms with van der Waals surface area (Å²) >= 11 is 0. The number of hydrogen-bond acceptors (Lipinski definition) is 15. The lowest BCUT2D eigenvalue weighted by atomic mass is 9.99. The zero-order valence-electron chi connectivity index (χ0n) is 64.4. The fraction of sp³-hybridized carbons (Fsp3) is 0.949. The molecule has 0 fully saturated rings. The molecule has 0 aromatic heterocycles. The molecule has 98 heavy (non-hydrogen) atoms. The van der Waals surface area contributed by atoms with E-state index >= 15 is 0 Å². The highest BCUT2D eigenvalue weighted by molar-refractivity contribution is 7.47. The van der Waals surface area contributed by atoms with Crippen LogP contribution in [0.25, 0.3) is 0 Å². The Morgan fingerprint density at radius 2 is 0.490 bits per heavy atom. The van der Waals surface area contributed by atoms with Gasteiger partial charge >= 0.3 is 39.5 Å². The summed E-state index contributed by atoms with van der Waals surface area (Å²) in [7, 11) is -9.91. The maximum absolute atomic E-state index is 13.1. The zero-order chi connectivity index (χ0) is 72.4. The second-order valence-electron chi connectivity index (χ2n) is 29.9. The van der Waals surface area contributed by atoms with E-state index in [0.717, 1.165) is 114 Å². The lowest BCUT2D eigenvalue weighted by molar-refractivity contribution is -0.161. The van der Waals surface area contributed by atoms with E-state index in [1.807, 2.05) is 0 Å². The lowest BCUT2D eigenvalue weighted by Crippen LogP contribution is -2.30. The summed E-state index contributed by atoms with van der Waals surface area (Å²) in [5.74, 6) is 0.947. The number of phosphoric ester groups is 2. The van der Waals surface area contributed by atoms with Gasteiger partial charge in [-0.15, -0.1) is 0 Å². The molecule has 0 bridgehead atoms. The standard InChI is InChI=1S/C79H154O17P2/c1-9-71(7)57-49-41-32-28-24-20-15-13-11-12-14-16-22-26-30-34-45-53-61-78(83)95-74(66-90-77(82)60-52-44-37-35-40-48-56-70(5)6)67-93-97(85,86)91-63-73(80)64-92-98(87,88)94-68-75(96-79(84)62-54-46-38-36-42-50-58-72(8)10-2)65-89-76(81)59-51-43-33-29-25-21-18-17-19-23-27-31-39-47-55-69(3)4/h69-75,80H,9-68H2,1-8H3,(H,85,86)(H,87,88)/t71?,72?,73-,74+,75+/m0/s1. The summed E-state index contributed by atoms with van der Waals surface area (Å²) in [5.41, 5.74) is 0. The summed E-state index contributed by atoms with van der Waals surface area (Å²) in [4.78, 5) is 72.8. The number of rotatable bonds is 76. The van der Waals surface area contributed by atoms with Crippen LogP contribution in [0.4, 0.5) is 0 Å². The molecule has 0 aromatic carbocycles. The second kappa shape index (κ2) is 68.2. The van der Waals surface area contributed by atoms with Gasteiger partial charge in [0.25, 0.3) is 0 Å². The van der Waals surface area contributed by atoms with E-state index in [0.29, 0.717) is 31.6 Å². The predicted octanol–water partition coefficient (Wildman–Crippen LogP) is 23.2. The number of ether oxygens (including phenoxy) is 4. The van der Waals surface area contributed by atoms with E-state index in [1.165, 1.54) is 199 Å². The third kappa shape index (κ3) is 69.8. The van der Waals surface area contributed by atoms with Crippen molar-refractivity contribution in [1.29, 1.82) is 0 Å². The fourth-order valence-corrected chi connectivity index (χ4v) is 13.6. The van der Waals surface area contributed by atoms with Gasteiger partial charge in [-0.3, -0.25) is 37.3 Å². The Balaban J connectivity index is 5.13. The third-order valence-electron chi connectivity index (χ3n) is 19.0. The minimum absolute atomic E-state index is 0.103. The Morgan fingerprint density at radius 1 is 0.286 bits per heavy atom. The average molecular weight is 1440 g/mol. The van der Waals surface area contributed by atoms with Crippen LogP contribution in [0.5, 0.6) is 0 Å². The van der Waals surface area contributed by atoms with Crippen LogP contribution in [0.3, 0.4) is 0 Å². The molecule has 0 aliphatic heterocycles. The first-order valence-electron chi connectivity index (χ1n) is 40.8. The number of hydrogen-bond donors (Lipinski definition) is 3. The van der Waals surface area contributed by atoms with E-state index in [1.54, 1.807) is 0 Å². The molecule has 582 valence electrons. The van der Waals surface area contributed by atoms with Crippen LogP contribution in [0.15, 0.2) is 0 Å². The van der Waals surface area contributed by atoms with Crippen LogP contribution in [-0.4, -0.2) is 96.7 Å². The number of esters is 4. The molecule has 0 spiro atoms. The van der Waals surface area contributed by atoms with Crippen molar-refractivity contribution in [3.63, 3.8) is 0 Å². The number of aliphatic hydroxyl groups is 1. The van der Waals surface area contributed by atoms with Gasteiger partial charge < -0.3 is 33.8 Å². The number of carbonyl (C=O) groups excluding carboxylic acids is 4. The Labute approximate surface area is 600 Å². The molecule has 0 rings (SSSR count). The monoisotopic (exact) mass is 1440 g/mol. The first kappa shape index (κ1) is 96.1. The summed E-state index contributed by atoms with van der Waals surface area (Å²) in [6.45, 7) is 14.2. The summed E-state index contributed by atoms with van der Waals surface area (Å²) < 4.78 is 68.5. The van der Waals surface area contributed by atoms with Gasteiger partial charge in [-0.1, -0.05) is 351 Å². The maximum Gasteiger partial charge on any atom is 0.472 e. The van der Waals surface area contributed by atoms with Gasteiger partial charge in [0.15, 0.2) is 12.2 Å². The highest BCUT2D eigenvalue weighted by Gasteiger charge is 2.30. The van der Waals surface area contributed by atoms with Gasteiger partial charge in [0.1, 0.15) is 19.3 Å². The SMILES string of the molecule is CCC(C)CCCCCCCCCCCCCCCCCCCCC(=O)O[C@H](COC(=O)CCCCCCCCC(C)C)COP(=O)(O)OC[C@H](O)COP(=O)(O)OC[C@@H](COC(=O)CCCCCCCCCCCCCCCCC(C)C)OC(=O)CCCCCCCCC(C)CC. The lowest BCUT2D eigenvalue weighted by Gasteiger charge is -2.21. The first-order chi connectivity index (χ1) is 47.2. The molecule has 0 amide bonds. The van der Waals surface area contributed by atoms with Crippen molar-refractivity contribution >= 4 is 39.5 Å². The summed E-state index contributed by atoms with van der Waals surface area (Å²) in [6, 6.07) is 0. The van der Waals surface area contributed by atoms with Gasteiger partial charge in [0.2, 0.25) is 0 Å². The number of unbranched alkanes of at least 4 members (excludes halogenated alkanes) is 40. The van der Waals surface area contributed by atoms with E-state index in [9.17, 15) is 43.2 Å². The molecule has 0 saturated heterocycles. The molecule has 0 aliphatic rings. The molecular weight excluding hydrogens is 1280 g/mol. The Kier molecular flexibility index (Phi) is 66.8. The molecule has 0 aromatic rings. The van der Waals surface area contributed by atoms with Gasteiger partial charge in [-0.05, 0) is 49.4 Å². The summed E-state index contributed by atoms with van der Waals surface area (Å²) in [6.07, 6.45) is 54.4. The van der Waals surface area contributed by atoms with Crippen molar-refractivity contribution in [3.8, 4) is 0 Å². The van der Waals surface area contributed by atoms with E-state index in [-0.39, 0.29) is 25.7 Å². The van der Waals surface area contributed by atoms with Crippen molar-refractivity contribution in [2.75, 3.05) is 39.6 Å². The van der Waals surface area contributed by atoms with Gasteiger partial charge in [-0.25, -0.2) is 9.13 Å². The molecule has 0 radical (unpaired) electrons. The molecule has 0 saturated carbocycles. The van der Waals surface area contributed by atoms with E-state index in [2.05, 4.69) is 55.4 Å². The van der Waals surface area contributed by atoms with Crippen molar-refractivity contribution in [2.45, 2.75) is 420 Å². The molecule has 3 N–H and O–H groups in total. The van der Waals surface area contributed by atoms with Crippen molar-refractivity contribution < 1.29 is 80.2 Å². The highest BCUT2D eigenvalue weighted by Crippen LogP contribution is 2.45. The van der Waals surface area contributed by atoms with Crippen molar-refractivity contribution in [3.05, 3.63) is 0 Å². The average Bonchev–Trinajstić information content (AvgIpc) is 1.00. The number of phosphoric acid groups is 2. The van der Waals surface area contributed by atoms with Crippen molar-refractivity contribution in [1.82, 2.24) is 0 Å². The number of aliphatic hydroxyl groups excluding tert-OH is 1. The number of carbonyl (C=O) groups is 4. The molecule has 19 heteroatoms. The second-order valence-corrected chi connectivity index (χ2v) is 32.8. The van der Waals surface area contributed by atoms with Gasteiger partial charge in [0, 0.05) is 25.7 Å². The quantitative estimate of drug-likeness (QED) is 0.0222. The molecule has 17 nitrogen and oxygen atoms in total. The largest absolute Gasteiger partial charge is 0.472 e. The molecular formula is C79H154O17P2. The first-order valence-corrected chi connectivity index (χ1v) is 43.8. The van der Waals surface area contributed by atoms with Crippen molar-refractivity contribution in [2.24, 2.45) is 23.7 Å². The predicted molar refractivity (Wildman–Crippen MR) is 400 cm³/mol. The van der Waals surface area contributed by atoms with Gasteiger partial charge in [-0.2, -0.15) is 0 Å². The topological polar surface area (TPSA) is 237 Å². The molecule has 0 aliphatic carbocycles. The van der Waals surface area contributed by atoms with Crippen LogP contribution in [-0.2, 0) is 65.4 Å². The smallest absolute Gasteiger partial charge is 0.462 e. The van der Waals surface area contributed by atoms with Crippen LogP contribution in [0.2, 0.25) is 0 Å². The van der Waals surface area contributed by atoms with Gasteiger partial charge in [0.05, 0.1) is 26.4 Å². The highest BCUT2D eigenvalue weighted by atomic mass is 31.2. The van der Waals surface area contributed by atoms with Crippen LogP contribution in [0, 0.1) is 23.7 Å². The Hall–Kier alpha value is -1.94. The minimum atomic E-state index is -4.96. The van der Waals surface area contributed by atoms with E-state index in [4.69, 9.17) is 37.0 Å². The molecule has 7 atom stereocenters. The maximum atomic E-state index is 13.1. The van der Waals surface area contributed by atoms with E-state index < -0.39 is 97.5 Å².